The first-order valence-corrected chi connectivity index (χ1v) is 15.3. The molecule has 0 saturated heterocycles. The maximum Gasteiger partial charge on any atom is 0.215 e. The van der Waals surface area contributed by atoms with Crippen molar-refractivity contribution in [2.45, 2.75) is 19.6 Å². The molecular weight excluding hydrogens is 520 g/mol. The second-order valence-electron chi connectivity index (χ2n) is 10.0. The number of para-hydroxylation sites is 1. The molecule has 0 spiro atoms. The van der Waals surface area contributed by atoms with Gasteiger partial charge in [0.2, 0.25) is 5.71 Å². The van der Waals surface area contributed by atoms with Gasteiger partial charge in [0, 0.05) is 36.6 Å². The first-order chi connectivity index (χ1) is 20.4. The van der Waals surface area contributed by atoms with Gasteiger partial charge in [-0.1, -0.05) is 72.8 Å². The van der Waals surface area contributed by atoms with Gasteiger partial charge in [0.15, 0.2) is 0 Å². The molecule has 41 heavy (non-hydrogen) atoms. The van der Waals surface area contributed by atoms with Crippen LogP contribution < -0.4 is 0 Å². The van der Waals surface area contributed by atoms with Crippen molar-refractivity contribution in [1.82, 2.24) is 9.55 Å². The molecule has 5 aromatic carbocycles. The summed E-state index contributed by atoms with van der Waals surface area (Å²) in [5.74, 6) is 0. The molecule has 0 N–H and O–H groups in total. The van der Waals surface area contributed by atoms with Crippen LogP contribution in [-0.2, 0) is 0 Å². The second kappa shape index (κ2) is 9.54. The summed E-state index contributed by atoms with van der Waals surface area (Å²) in [4.78, 5) is 9.98. The standard InChI is InChI=1S/C37H26N2OS/c1-4-13-28(14-5-1)41(29-15-6-2-7-16-29,30-17-8-3-9-18-30)31-24-22-27(23-25-31)39-36-33(20-12-26-38-36)35-32-19-10-11-21-34(32)40-37(35)39/h1-26H. The van der Waals surface area contributed by atoms with E-state index in [-0.39, 0.29) is 0 Å². The Labute approximate surface area is 239 Å². The predicted molar refractivity (Wildman–Crippen MR) is 168 cm³/mol. The molecule has 0 atom stereocenters. The van der Waals surface area contributed by atoms with Gasteiger partial charge >= 0.3 is 0 Å². The fourth-order valence-corrected chi connectivity index (χ4v) is 9.92. The molecule has 0 bridgehead atoms. The average Bonchev–Trinajstić information content (AvgIpc) is 3.58. The summed E-state index contributed by atoms with van der Waals surface area (Å²) in [5.41, 5.74) is 3.62. The topological polar surface area (TPSA) is 31.0 Å². The number of fused-ring (bicyclic) bond motifs is 5. The highest BCUT2D eigenvalue weighted by Crippen LogP contribution is 2.73. The summed E-state index contributed by atoms with van der Waals surface area (Å²) >= 11 is 0. The van der Waals surface area contributed by atoms with Crippen LogP contribution >= 0.6 is 10.0 Å². The number of rotatable bonds is 5. The van der Waals surface area contributed by atoms with Gasteiger partial charge < -0.3 is 4.42 Å². The third kappa shape index (κ3) is 3.58. The molecule has 0 aliphatic rings. The van der Waals surface area contributed by atoms with Crippen molar-refractivity contribution in [1.29, 1.82) is 0 Å². The Bertz CT molecular complexity index is 2030. The van der Waals surface area contributed by atoms with Crippen molar-refractivity contribution < 1.29 is 4.42 Å². The SMILES string of the molecule is c1ccc(S(c2ccccc2)(c2ccccc2)c2ccc(-n3c4ncccc4c4c5ccccc5oc43)cc2)cc1. The lowest BCUT2D eigenvalue weighted by atomic mass is 10.1. The van der Waals surface area contributed by atoms with E-state index in [0.29, 0.717) is 0 Å². The van der Waals surface area contributed by atoms with Crippen molar-refractivity contribution in [3.63, 3.8) is 0 Å². The second-order valence-corrected chi connectivity index (χ2v) is 13.1. The lowest BCUT2D eigenvalue weighted by Crippen LogP contribution is -2.05. The highest BCUT2D eigenvalue weighted by atomic mass is 32.3. The lowest BCUT2D eigenvalue weighted by molar-refractivity contribution is 0.645. The molecule has 3 aromatic heterocycles. The molecule has 8 rings (SSSR count). The van der Waals surface area contributed by atoms with E-state index < -0.39 is 10.0 Å². The van der Waals surface area contributed by atoms with Gasteiger partial charge in [0.1, 0.15) is 11.2 Å². The van der Waals surface area contributed by atoms with Gasteiger partial charge in [-0.2, -0.15) is 0 Å². The maximum atomic E-state index is 6.46. The molecule has 4 heteroatoms. The minimum absolute atomic E-state index is 0.820. The summed E-state index contributed by atoms with van der Waals surface area (Å²) in [6.07, 6.45) is 1.85. The van der Waals surface area contributed by atoms with Crippen LogP contribution in [0, 0.1) is 0 Å². The normalized spacial score (nSPS) is 12.3. The maximum absolute atomic E-state index is 6.46. The minimum Gasteiger partial charge on any atom is -0.439 e. The number of furan rings is 1. The van der Waals surface area contributed by atoms with Crippen molar-refractivity contribution >= 4 is 43.1 Å². The Kier molecular flexibility index (Phi) is 5.54. The van der Waals surface area contributed by atoms with Gasteiger partial charge in [-0.25, -0.2) is 4.98 Å². The van der Waals surface area contributed by atoms with Crippen LogP contribution in [0.4, 0.5) is 0 Å². The molecular formula is C37H26N2OS. The zero-order chi connectivity index (χ0) is 27.2. The van der Waals surface area contributed by atoms with Crippen LogP contribution in [0.1, 0.15) is 0 Å². The molecule has 0 aliphatic heterocycles. The van der Waals surface area contributed by atoms with E-state index in [2.05, 4.69) is 138 Å². The number of hydrogen-bond donors (Lipinski definition) is 0. The van der Waals surface area contributed by atoms with Gasteiger partial charge in [-0.3, -0.25) is 4.57 Å². The number of hydrogen-bond acceptors (Lipinski definition) is 2. The largest absolute Gasteiger partial charge is 0.439 e. The Hall–Kier alpha value is -5.06. The van der Waals surface area contributed by atoms with E-state index in [0.717, 1.165) is 38.8 Å². The summed E-state index contributed by atoms with van der Waals surface area (Å²) in [6.45, 7) is 0. The fourth-order valence-electron chi connectivity index (χ4n) is 6.05. The van der Waals surface area contributed by atoms with Crippen LogP contribution in [-0.4, -0.2) is 9.55 Å². The molecule has 0 aliphatic carbocycles. The van der Waals surface area contributed by atoms with Gasteiger partial charge in [0.25, 0.3) is 0 Å². The average molecular weight is 547 g/mol. The highest BCUT2D eigenvalue weighted by molar-refractivity contribution is 8.34. The van der Waals surface area contributed by atoms with Crippen LogP contribution in [0.3, 0.4) is 0 Å². The quantitative estimate of drug-likeness (QED) is 0.215. The van der Waals surface area contributed by atoms with E-state index in [1.54, 1.807) is 0 Å². The molecule has 0 unspecified atom stereocenters. The lowest BCUT2D eigenvalue weighted by Gasteiger charge is -2.42. The summed E-state index contributed by atoms with van der Waals surface area (Å²) in [7, 11) is -1.75. The van der Waals surface area contributed by atoms with Crippen LogP contribution in [0.25, 0.3) is 38.8 Å². The molecule has 3 heterocycles. The first kappa shape index (κ1) is 23.8. The van der Waals surface area contributed by atoms with Crippen LogP contribution in [0.5, 0.6) is 0 Å². The summed E-state index contributed by atoms with van der Waals surface area (Å²) in [6, 6.07) is 54.1. The Morgan fingerprint density at radius 1 is 0.488 bits per heavy atom. The summed E-state index contributed by atoms with van der Waals surface area (Å²) < 4.78 is 8.61. The van der Waals surface area contributed by atoms with E-state index in [4.69, 9.17) is 9.40 Å². The van der Waals surface area contributed by atoms with Crippen molar-refractivity contribution in [2.75, 3.05) is 0 Å². The smallest absolute Gasteiger partial charge is 0.215 e. The van der Waals surface area contributed by atoms with Gasteiger partial charge in [0.05, 0.1) is 11.1 Å². The Morgan fingerprint density at radius 2 is 1.00 bits per heavy atom. The molecule has 0 amide bonds. The predicted octanol–water partition coefficient (Wildman–Crippen LogP) is 10.3. The van der Waals surface area contributed by atoms with E-state index in [9.17, 15) is 0 Å². The zero-order valence-electron chi connectivity index (χ0n) is 22.2. The number of benzene rings is 5. The number of aromatic nitrogens is 2. The van der Waals surface area contributed by atoms with Crippen LogP contribution in [0.2, 0.25) is 0 Å². The van der Waals surface area contributed by atoms with E-state index in [1.807, 2.05) is 24.4 Å². The van der Waals surface area contributed by atoms with Gasteiger partial charge in [-0.05, 0) is 78.9 Å². The molecule has 8 aromatic rings. The molecule has 0 saturated carbocycles. The Morgan fingerprint density at radius 3 is 1.61 bits per heavy atom. The third-order valence-electron chi connectivity index (χ3n) is 7.79. The fraction of sp³-hybridized carbons (Fsp3) is 0. The van der Waals surface area contributed by atoms with Crippen molar-refractivity contribution in [2.24, 2.45) is 0 Å². The number of pyridine rings is 1. The Balaban J connectivity index is 1.39. The third-order valence-corrected chi connectivity index (χ3v) is 11.7. The van der Waals surface area contributed by atoms with E-state index >= 15 is 0 Å². The van der Waals surface area contributed by atoms with Crippen LogP contribution in [0.15, 0.2) is 182 Å². The zero-order valence-corrected chi connectivity index (χ0v) is 23.0. The van der Waals surface area contributed by atoms with E-state index in [1.165, 1.54) is 19.6 Å². The number of nitrogens with zero attached hydrogens (tertiary/aromatic N) is 2. The molecule has 196 valence electrons. The minimum atomic E-state index is -1.75. The molecule has 3 nitrogen and oxygen atoms in total. The molecule has 0 radical (unpaired) electrons. The van der Waals surface area contributed by atoms with Gasteiger partial charge in [-0.15, -0.1) is 10.0 Å². The highest BCUT2D eigenvalue weighted by Gasteiger charge is 2.33. The summed E-state index contributed by atoms with van der Waals surface area (Å²) in [5, 5.41) is 3.30. The molecule has 0 fully saturated rings. The first-order valence-electron chi connectivity index (χ1n) is 13.7. The van der Waals surface area contributed by atoms with Crippen molar-refractivity contribution in [3.05, 3.63) is 158 Å². The monoisotopic (exact) mass is 546 g/mol. The van der Waals surface area contributed by atoms with Crippen molar-refractivity contribution in [3.8, 4) is 5.69 Å².